The molecule has 0 saturated heterocycles. The van der Waals surface area contributed by atoms with Crippen LogP contribution in [-0.2, 0) is 0 Å². The fourth-order valence-corrected chi connectivity index (χ4v) is 6.38. The highest BCUT2D eigenvalue weighted by atomic mass is 79.9. The maximum Gasteiger partial charge on any atom is 0.188 e. The molecule has 1 aliphatic rings. The standard InChI is InChI=1S/C24H15Br3O3/c25-16-12-10-15(11-13-16)21(28)20(26)19(14-6-2-1-3-7-14)24(27)22(29)17-8-4-5-9-18(17)23(24)30/h1-13,19-20H/t19-,20+/m1/s1. The minimum atomic E-state index is -1.57. The summed E-state index contributed by atoms with van der Waals surface area (Å²) in [6.45, 7) is 0. The summed E-state index contributed by atoms with van der Waals surface area (Å²) in [7, 11) is 0. The van der Waals surface area contributed by atoms with E-state index in [2.05, 4.69) is 47.8 Å². The number of hydrogen-bond acceptors (Lipinski definition) is 3. The number of carbonyl (C=O) groups excluding carboxylic acids is 3. The molecule has 0 aliphatic heterocycles. The van der Waals surface area contributed by atoms with E-state index in [4.69, 9.17) is 0 Å². The van der Waals surface area contributed by atoms with Crippen molar-refractivity contribution in [1.29, 1.82) is 0 Å². The van der Waals surface area contributed by atoms with E-state index in [1.807, 2.05) is 30.3 Å². The highest BCUT2D eigenvalue weighted by Gasteiger charge is 2.59. The molecule has 0 heterocycles. The molecule has 0 N–H and O–H groups in total. The largest absolute Gasteiger partial charge is 0.293 e. The molecule has 2 atom stereocenters. The number of Topliss-reactive ketones (excluding diaryl/α,β-unsaturated/α-hetero) is 3. The van der Waals surface area contributed by atoms with Gasteiger partial charge in [0.1, 0.15) is 0 Å². The van der Waals surface area contributed by atoms with Crippen LogP contribution in [0.15, 0.2) is 83.3 Å². The van der Waals surface area contributed by atoms with E-state index in [1.54, 1.807) is 48.5 Å². The Morgan fingerprint density at radius 1 is 0.767 bits per heavy atom. The van der Waals surface area contributed by atoms with Gasteiger partial charge in [0.15, 0.2) is 21.7 Å². The summed E-state index contributed by atoms with van der Waals surface area (Å²) in [5, 5.41) is 0. The minimum Gasteiger partial charge on any atom is -0.293 e. The first-order chi connectivity index (χ1) is 14.4. The number of fused-ring (bicyclic) bond motifs is 1. The Kier molecular flexibility index (Phi) is 5.93. The Morgan fingerprint density at radius 2 is 1.27 bits per heavy atom. The number of rotatable bonds is 5. The Bertz CT molecular complexity index is 1100. The van der Waals surface area contributed by atoms with Crippen molar-refractivity contribution < 1.29 is 14.4 Å². The van der Waals surface area contributed by atoms with Crippen molar-refractivity contribution in [3.05, 3.63) is 106 Å². The average molecular weight is 591 g/mol. The van der Waals surface area contributed by atoms with Crippen molar-refractivity contribution in [2.24, 2.45) is 0 Å². The summed E-state index contributed by atoms with van der Waals surface area (Å²) in [4.78, 5) is 39.4. The van der Waals surface area contributed by atoms with Gasteiger partial charge in [-0.2, -0.15) is 0 Å². The fraction of sp³-hybridized carbons (Fsp3) is 0.125. The van der Waals surface area contributed by atoms with E-state index in [0.29, 0.717) is 16.7 Å². The zero-order valence-corrected chi connectivity index (χ0v) is 20.3. The van der Waals surface area contributed by atoms with Crippen LogP contribution in [0.4, 0.5) is 0 Å². The van der Waals surface area contributed by atoms with Gasteiger partial charge in [-0.25, -0.2) is 0 Å². The first-order valence-electron chi connectivity index (χ1n) is 9.22. The normalized spacial score (nSPS) is 16.8. The van der Waals surface area contributed by atoms with Crippen molar-refractivity contribution in [3.8, 4) is 0 Å². The maximum absolute atomic E-state index is 13.4. The second-order valence-corrected chi connectivity index (χ2v) is 10.2. The van der Waals surface area contributed by atoms with Crippen molar-refractivity contribution in [2.45, 2.75) is 15.1 Å². The third kappa shape index (κ3) is 3.45. The number of halogens is 3. The summed E-state index contributed by atoms with van der Waals surface area (Å²) in [6.07, 6.45) is 0. The van der Waals surface area contributed by atoms with E-state index >= 15 is 0 Å². The summed E-state index contributed by atoms with van der Waals surface area (Å²) in [5.41, 5.74) is 1.95. The molecule has 0 amide bonds. The van der Waals surface area contributed by atoms with Gasteiger partial charge < -0.3 is 0 Å². The summed E-state index contributed by atoms with van der Waals surface area (Å²) >= 11 is 10.4. The third-order valence-corrected chi connectivity index (χ3v) is 8.02. The number of alkyl halides is 2. The predicted octanol–water partition coefficient (Wildman–Crippen LogP) is 6.39. The van der Waals surface area contributed by atoms with Gasteiger partial charge in [-0.3, -0.25) is 14.4 Å². The van der Waals surface area contributed by atoms with Gasteiger partial charge >= 0.3 is 0 Å². The minimum absolute atomic E-state index is 0.202. The van der Waals surface area contributed by atoms with Crippen LogP contribution in [0.2, 0.25) is 0 Å². The van der Waals surface area contributed by atoms with Crippen LogP contribution in [0.25, 0.3) is 0 Å². The van der Waals surface area contributed by atoms with Crippen molar-refractivity contribution in [1.82, 2.24) is 0 Å². The highest BCUT2D eigenvalue weighted by molar-refractivity contribution is 9.11. The first kappa shape index (κ1) is 21.3. The van der Waals surface area contributed by atoms with Crippen LogP contribution in [0.5, 0.6) is 0 Å². The van der Waals surface area contributed by atoms with E-state index < -0.39 is 15.1 Å². The molecular weight excluding hydrogens is 576 g/mol. The molecule has 0 aromatic heterocycles. The van der Waals surface area contributed by atoms with Gasteiger partial charge in [-0.15, -0.1) is 0 Å². The van der Waals surface area contributed by atoms with Gasteiger partial charge in [0.25, 0.3) is 0 Å². The number of benzene rings is 3. The molecule has 30 heavy (non-hydrogen) atoms. The van der Waals surface area contributed by atoms with Crippen LogP contribution in [0.3, 0.4) is 0 Å². The lowest BCUT2D eigenvalue weighted by atomic mass is 9.78. The Balaban J connectivity index is 1.84. The zero-order chi connectivity index (χ0) is 21.5. The van der Waals surface area contributed by atoms with E-state index in [9.17, 15) is 14.4 Å². The van der Waals surface area contributed by atoms with Crippen LogP contribution in [-0.4, -0.2) is 26.5 Å². The molecule has 6 heteroatoms. The zero-order valence-electron chi connectivity index (χ0n) is 15.5. The van der Waals surface area contributed by atoms with Gasteiger partial charge in [-0.1, -0.05) is 115 Å². The Labute approximate surface area is 199 Å². The molecule has 0 unspecified atom stereocenters. The molecule has 0 radical (unpaired) electrons. The van der Waals surface area contributed by atoms with Crippen molar-refractivity contribution >= 4 is 65.1 Å². The predicted molar refractivity (Wildman–Crippen MR) is 127 cm³/mol. The summed E-state index contributed by atoms with van der Waals surface area (Å²) < 4.78 is -0.713. The molecule has 0 fully saturated rings. The smallest absolute Gasteiger partial charge is 0.188 e. The monoisotopic (exact) mass is 588 g/mol. The van der Waals surface area contributed by atoms with Crippen LogP contribution in [0, 0.1) is 0 Å². The molecule has 3 nitrogen and oxygen atoms in total. The van der Waals surface area contributed by atoms with E-state index in [1.165, 1.54) is 0 Å². The number of ketones is 3. The van der Waals surface area contributed by atoms with Crippen molar-refractivity contribution in [2.75, 3.05) is 0 Å². The molecule has 3 aromatic rings. The lowest BCUT2D eigenvalue weighted by molar-refractivity contribution is 0.0844. The molecule has 1 aliphatic carbocycles. The van der Waals surface area contributed by atoms with Crippen molar-refractivity contribution in [3.63, 3.8) is 0 Å². The summed E-state index contributed by atoms with van der Waals surface area (Å²) in [6, 6.07) is 23.0. The third-order valence-electron chi connectivity index (χ3n) is 5.34. The molecular formula is C24H15Br3O3. The van der Waals surface area contributed by atoms with E-state index in [-0.39, 0.29) is 17.3 Å². The van der Waals surface area contributed by atoms with Crippen LogP contribution in [0.1, 0.15) is 42.6 Å². The van der Waals surface area contributed by atoms with Gasteiger partial charge in [0.2, 0.25) is 0 Å². The van der Waals surface area contributed by atoms with Crippen LogP contribution >= 0.6 is 47.8 Å². The molecule has 3 aromatic carbocycles. The maximum atomic E-state index is 13.4. The second kappa shape index (κ2) is 8.33. The second-order valence-electron chi connectivity index (χ2n) is 7.08. The number of hydrogen-bond donors (Lipinski definition) is 0. The first-order valence-corrected chi connectivity index (χ1v) is 11.7. The van der Waals surface area contributed by atoms with Crippen LogP contribution < -0.4 is 0 Å². The summed E-state index contributed by atoms with van der Waals surface area (Å²) in [5.74, 6) is -1.61. The molecule has 0 spiro atoms. The Hall–Kier alpha value is -1.89. The topological polar surface area (TPSA) is 51.2 Å². The molecule has 150 valence electrons. The van der Waals surface area contributed by atoms with Gasteiger partial charge in [0, 0.05) is 27.1 Å². The van der Waals surface area contributed by atoms with E-state index in [0.717, 1.165) is 10.0 Å². The SMILES string of the molecule is O=C(c1ccc(Br)cc1)[C@@H](Br)[C@@H](c1ccccc1)C1(Br)C(=O)c2ccccc2C1=O. The lowest BCUT2D eigenvalue weighted by Gasteiger charge is -2.33. The number of carbonyl (C=O) groups is 3. The molecule has 4 rings (SSSR count). The highest BCUT2D eigenvalue weighted by Crippen LogP contribution is 2.49. The van der Waals surface area contributed by atoms with Gasteiger partial charge in [-0.05, 0) is 17.7 Å². The molecule has 0 bridgehead atoms. The van der Waals surface area contributed by atoms with Gasteiger partial charge in [0.05, 0.1) is 4.83 Å². The lowest BCUT2D eigenvalue weighted by Crippen LogP contribution is -2.46. The fourth-order valence-electron chi connectivity index (χ4n) is 3.84. The quantitative estimate of drug-likeness (QED) is 0.197. The molecule has 0 saturated carbocycles. The Morgan fingerprint density at radius 3 is 1.80 bits per heavy atom. The average Bonchev–Trinajstić information content (AvgIpc) is 2.96.